The minimum absolute atomic E-state index is 0.0845. The summed E-state index contributed by atoms with van der Waals surface area (Å²) in [5.74, 6) is -1.09. The van der Waals surface area contributed by atoms with Crippen molar-refractivity contribution in [3.8, 4) is 0 Å². The minimum Gasteiger partial charge on any atom is -0.480 e. The van der Waals surface area contributed by atoms with Crippen molar-refractivity contribution in [1.82, 2.24) is 13.6 Å². The maximum atomic E-state index is 11.9. The molecule has 0 bridgehead atoms. The third-order valence-electron chi connectivity index (χ3n) is 2.75. The van der Waals surface area contributed by atoms with Crippen LogP contribution in [0.5, 0.6) is 0 Å². The molecular weight excluding hydrogens is 258 g/mol. The number of piperidine rings is 1. The van der Waals surface area contributed by atoms with Gasteiger partial charge < -0.3 is 14.7 Å². The Bertz CT molecular complexity index is 415. The zero-order valence-corrected chi connectivity index (χ0v) is 10.4. The largest absolute Gasteiger partial charge is 0.480 e. The molecule has 0 radical (unpaired) electrons. The van der Waals surface area contributed by atoms with Crippen LogP contribution in [0.25, 0.3) is 0 Å². The summed E-state index contributed by atoms with van der Waals surface area (Å²) in [6.07, 6.45) is 2.67. The molecule has 1 aromatic heterocycles. The van der Waals surface area contributed by atoms with Crippen molar-refractivity contribution in [3.63, 3.8) is 0 Å². The smallest absolute Gasteiger partial charge is 0.329 e. The summed E-state index contributed by atoms with van der Waals surface area (Å²) in [7, 11) is 0. The number of rotatable bonds is 4. The summed E-state index contributed by atoms with van der Waals surface area (Å²) >= 11 is 1.01. The highest BCUT2D eigenvalue weighted by Gasteiger charge is 2.25. The molecule has 1 amide bonds. The number of likely N-dealkylation sites (tertiary alicyclic amines) is 1. The van der Waals surface area contributed by atoms with Gasteiger partial charge in [0, 0.05) is 13.1 Å². The molecule has 1 aromatic rings. The van der Waals surface area contributed by atoms with Gasteiger partial charge in [-0.25, -0.2) is 4.79 Å². The summed E-state index contributed by atoms with van der Waals surface area (Å²) in [6, 6.07) is 0. The SMILES string of the molecule is O=C(O)COC1CCN(C(=O)c2cnsn2)CC1. The summed E-state index contributed by atoms with van der Waals surface area (Å²) in [5.41, 5.74) is 0.366. The van der Waals surface area contributed by atoms with Gasteiger partial charge in [-0.2, -0.15) is 8.75 Å². The van der Waals surface area contributed by atoms with Gasteiger partial charge in [-0.3, -0.25) is 4.79 Å². The number of carboxylic acid groups (broad SMARTS) is 1. The Morgan fingerprint density at radius 2 is 2.22 bits per heavy atom. The van der Waals surface area contributed by atoms with E-state index in [1.54, 1.807) is 4.90 Å². The first-order valence-electron chi connectivity index (χ1n) is 5.57. The molecule has 0 aromatic carbocycles. The third kappa shape index (κ3) is 3.23. The number of hydrogen-bond donors (Lipinski definition) is 1. The number of aromatic nitrogens is 2. The van der Waals surface area contributed by atoms with Gasteiger partial charge in [0.25, 0.3) is 5.91 Å². The predicted molar refractivity (Wildman–Crippen MR) is 62.4 cm³/mol. The van der Waals surface area contributed by atoms with Crippen LogP contribution in [0.1, 0.15) is 23.3 Å². The number of carboxylic acids is 1. The lowest BCUT2D eigenvalue weighted by atomic mass is 10.1. The first-order chi connectivity index (χ1) is 8.66. The lowest BCUT2D eigenvalue weighted by molar-refractivity contribution is -0.145. The molecule has 0 saturated carbocycles. The Hall–Kier alpha value is -1.54. The standard InChI is InChI=1S/C10H13N3O4S/c14-9(15)6-17-7-1-3-13(4-2-7)10(16)8-5-11-18-12-8/h5,7H,1-4,6H2,(H,14,15). The normalized spacial score (nSPS) is 16.8. The average Bonchev–Trinajstić information content (AvgIpc) is 2.90. The maximum absolute atomic E-state index is 11.9. The van der Waals surface area contributed by atoms with Gasteiger partial charge in [0.15, 0.2) is 5.69 Å². The molecule has 7 nitrogen and oxygen atoms in total. The number of nitrogens with zero attached hydrogens (tertiary/aromatic N) is 3. The summed E-state index contributed by atoms with van der Waals surface area (Å²) < 4.78 is 12.9. The zero-order chi connectivity index (χ0) is 13.0. The van der Waals surface area contributed by atoms with Crippen molar-refractivity contribution in [3.05, 3.63) is 11.9 Å². The van der Waals surface area contributed by atoms with Gasteiger partial charge in [0.05, 0.1) is 24.0 Å². The first kappa shape index (κ1) is 12.9. The van der Waals surface area contributed by atoms with Gasteiger partial charge in [0.1, 0.15) is 6.61 Å². The zero-order valence-electron chi connectivity index (χ0n) is 9.61. The monoisotopic (exact) mass is 271 g/mol. The second kappa shape index (κ2) is 5.87. The lowest BCUT2D eigenvalue weighted by Gasteiger charge is -2.31. The van der Waals surface area contributed by atoms with E-state index < -0.39 is 5.97 Å². The molecule has 98 valence electrons. The fraction of sp³-hybridized carbons (Fsp3) is 0.600. The van der Waals surface area contributed by atoms with Crippen LogP contribution in [-0.4, -0.2) is 56.4 Å². The van der Waals surface area contributed by atoms with Crippen LogP contribution in [-0.2, 0) is 9.53 Å². The van der Waals surface area contributed by atoms with Crippen LogP contribution >= 0.6 is 11.7 Å². The van der Waals surface area contributed by atoms with Crippen LogP contribution in [0, 0.1) is 0 Å². The van der Waals surface area contributed by atoms with Gasteiger partial charge >= 0.3 is 5.97 Å². The van der Waals surface area contributed by atoms with Crippen molar-refractivity contribution < 1.29 is 19.4 Å². The van der Waals surface area contributed by atoms with Crippen molar-refractivity contribution in [1.29, 1.82) is 0 Å². The van der Waals surface area contributed by atoms with E-state index in [4.69, 9.17) is 9.84 Å². The fourth-order valence-corrected chi connectivity index (χ4v) is 2.24. The van der Waals surface area contributed by atoms with Crippen molar-refractivity contribution >= 4 is 23.6 Å². The molecule has 0 unspecified atom stereocenters. The molecule has 1 saturated heterocycles. The molecule has 1 N–H and O–H groups in total. The summed E-state index contributed by atoms with van der Waals surface area (Å²) in [5, 5.41) is 8.51. The third-order valence-corrected chi connectivity index (χ3v) is 3.23. The minimum atomic E-state index is -0.970. The first-order valence-corrected chi connectivity index (χ1v) is 6.30. The number of ether oxygens (including phenoxy) is 1. The Morgan fingerprint density at radius 1 is 1.50 bits per heavy atom. The lowest BCUT2D eigenvalue weighted by Crippen LogP contribution is -2.41. The maximum Gasteiger partial charge on any atom is 0.329 e. The molecule has 2 rings (SSSR count). The quantitative estimate of drug-likeness (QED) is 0.843. The molecule has 0 aliphatic carbocycles. The number of carbonyl (C=O) groups excluding carboxylic acids is 1. The molecule has 0 atom stereocenters. The highest BCUT2D eigenvalue weighted by Crippen LogP contribution is 2.15. The second-order valence-corrected chi connectivity index (χ2v) is 4.55. The molecule has 18 heavy (non-hydrogen) atoms. The van der Waals surface area contributed by atoms with Crippen LogP contribution in [0.3, 0.4) is 0 Å². The molecule has 1 fully saturated rings. The Morgan fingerprint density at radius 3 is 2.78 bits per heavy atom. The van der Waals surface area contributed by atoms with E-state index >= 15 is 0 Å². The van der Waals surface area contributed by atoms with E-state index in [0.29, 0.717) is 31.6 Å². The number of aliphatic carboxylic acids is 1. The van der Waals surface area contributed by atoms with E-state index in [1.807, 2.05) is 0 Å². The molecule has 1 aliphatic heterocycles. The van der Waals surface area contributed by atoms with Crippen molar-refractivity contribution in [2.75, 3.05) is 19.7 Å². The Labute approximate surface area is 108 Å². The molecule has 1 aliphatic rings. The number of hydrogen-bond acceptors (Lipinski definition) is 6. The highest BCUT2D eigenvalue weighted by molar-refractivity contribution is 6.99. The van der Waals surface area contributed by atoms with Crippen molar-refractivity contribution in [2.24, 2.45) is 0 Å². The Kier molecular flexibility index (Phi) is 4.21. The molecule has 8 heteroatoms. The summed E-state index contributed by atoms with van der Waals surface area (Å²) in [6.45, 7) is 0.829. The van der Waals surface area contributed by atoms with Gasteiger partial charge in [-0.1, -0.05) is 0 Å². The van der Waals surface area contributed by atoms with Crippen LogP contribution in [0.15, 0.2) is 6.20 Å². The molecular formula is C10H13N3O4S. The predicted octanol–water partition coefficient (Wildman–Crippen LogP) is 0.244. The number of carbonyl (C=O) groups is 2. The second-order valence-electron chi connectivity index (χ2n) is 3.99. The van der Waals surface area contributed by atoms with Gasteiger partial charge in [0.2, 0.25) is 0 Å². The highest BCUT2D eigenvalue weighted by atomic mass is 32.1. The topological polar surface area (TPSA) is 92.6 Å². The molecule has 0 spiro atoms. The van der Waals surface area contributed by atoms with E-state index in [9.17, 15) is 9.59 Å². The Balaban J connectivity index is 1.80. The van der Waals surface area contributed by atoms with Crippen LogP contribution < -0.4 is 0 Å². The van der Waals surface area contributed by atoms with E-state index in [0.717, 1.165) is 11.7 Å². The van der Waals surface area contributed by atoms with Crippen molar-refractivity contribution in [2.45, 2.75) is 18.9 Å². The van der Waals surface area contributed by atoms with E-state index in [2.05, 4.69) is 8.75 Å². The van der Waals surface area contributed by atoms with E-state index in [1.165, 1.54) is 6.20 Å². The average molecular weight is 271 g/mol. The van der Waals surface area contributed by atoms with Gasteiger partial charge in [-0.05, 0) is 12.8 Å². The van der Waals surface area contributed by atoms with E-state index in [-0.39, 0.29) is 18.6 Å². The molecule has 2 heterocycles. The fourth-order valence-electron chi connectivity index (χ4n) is 1.84. The summed E-state index contributed by atoms with van der Waals surface area (Å²) in [4.78, 5) is 24.0. The van der Waals surface area contributed by atoms with Crippen LogP contribution in [0.2, 0.25) is 0 Å². The number of amides is 1. The van der Waals surface area contributed by atoms with Gasteiger partial charge in [-0.15, -0.1) is 0 Å². The van der Waals surface area contributed by atoms with Crippen LogP contribution in [0.4, 0.5) is 0 Å².